The van der Waals surface area contributed by atoms with Gasteiger partial charge < -0.3 is 5.32 Å². The fourth-order valence-electron chi connectivity index (χ4n) is 2.06. The van der Waals surface area contributed by atoms with Gasteiger partial charge in [-0.25, -0.2) is 4.39 Å². The molecule has 0 aliphatic rings. The van der Waals surface area contributed by atoms with E-state index >= 15 is 0 Å². The highest BCUT2D eigenvalue weighted by Gasteiger charge is 2.20. The van der Waals surface area contributed by atoms with Crippen molar-refractivity contribution in [3.8, 4) is 0 Å². The van der Waals surface area contributed by atoms with E-state index in [1.165, 1.54) is 6.07 Å². The van der Waals surface area contributed by atoms with Crippen LogP contribution in [0.4, 0.5) is 4.39 Å². The first kappa shape index (κ1) is 15.8. The van der Waals surface area contributed by atoms with Crippen molar-refractivity contribution in [1.29, 1.82) is 0 Å². The third-order valence-corrected chi connectivity index (χ3v) is 4.02. The van der Waals surface area contributed by atoms with Crippen LogP contribution in [-0.4, -0.2) is 6.54 Å². The normalized spacial score (nSPS) is 12.4. The van der Waals surface area contributed by atoms with Crippen LogP contribution in [-0.2, 0) is 0 Å². The number of hydrogen-bond acceptors (Lipinski definition) is 1. The molecule has 0 saturated carbocycles. The van der Waals surface area contributed by atoms with Gasteiger partial charge in [-0.1, -0.05) is 52.1 Å². The van der Waals surface area contributed by atoms with Gasteiger partial charge in [-0.15, -0.1) is 0 Å². The molecule has 2 rings (SSSR count). The molecule has 0 fully saturated rings. The Hall–Kier alpha value is -0.610. The minimum Gasteiger partial charge on any atom is -0.306 e. The first-order valence-corrected chi connectivity index (χ1v) is 7.71. The summed E-state index contributed by atoms with van der Waals surface area (Å²) < 4.78 is 14.9. The molecule has 1 unspecified atom stereocenters. The van der Waals surface area contributed by atoms with Gasteiger partial charge in [0.05, 0.1) is 6.04 Å². The first-order chi connectivity index (χ1) is 9.52. The molecule has 1 nitrogen and oxygen atoms in total. The Labute approximate surface area is 136 Å². The fraction of sp³-hybridized carbons (Fsp3) is 0.200. The van der Waals surface area contributed by atoms with Crippen molar-refractivity contribution in [2.45, 2.75) is 13.0 Å². The summed E-state index contributed by atoms with van der Waals surface area (Å²) in [6, 6.07) is 9.86. The highest BCUT2D eigenvalue weighted by Crippen LogP contribution is 2.32. The lowest BCUT2D eigenvalue weighted by Crippen LogP contribution is -2.23. The molecule has 0 aromatic heterocycles. The molecule has 0 spiro atoms. The van der Waals surface area contributed by atoms with Gasteiger partial charge in [0.15, 0.2) is 0 Å². The molecule has 0 bridgehead atoms. The van der Waals surface area contributed by atoms with E-state index in [-0.39, 0.29) is 11.9 Å². The van der Waals surface area contributed by atoms with E-state index in [4.69, 9.17) is 23.2 Å². The smallest absolute Gasteiger partial charge is 0.129 e. The van der Waals surface area contributed by atoms with Crippen molar-refractivity contribution >= 4 is 39.1 Å². The van der Waals surface area contributed by atoms with Gasteiger partial charge in [0, 0.05) is 20.1 Å². The molecule has 2 aromatic carbocycles. The molecule has 0 radical (unpaired) electrons. The van der Waals surface area contributed by atoms with Crippen LogP contribution in [0.25, 0.3) is 0 Å². The van der Waals surface area contributed by atoms with E-state index in [0.29, 0.717) is 26.6 Å². The highest BCUT2D eigenvalue weighted by molar-refractivity contribution is 9.10. The van der Waals surface area contributed by atoms with Gasteiger partial charge in [0.1, 0.15) is 5.82 Å². The fourth-order valence-corrected chi connectivity index (χ4v) is 2.80. The SMILES string of the molecule is CCNC(c1ccc(Br)cc1F)c1cc(Cl)ccc1Cl. The maximum absolute atomic E-state index is 14.2. The van der Waals surface area contributed by atoms with Crippen LogP contribution >= 0.6 is 39.1 Å². The van der Waals surface area contributed by atoms with E-state index in [9.17, 15) is 4.39 Å². The van der Waals surface area contributed by atoms with Crippen LogP contribution in [0.3, 0.4) is 0 Å². The maximum Gasteiger partial charge on any atom is 0.129 e. The van der Waals surface area contributed by atoms with Gasteiger partial charge in [0.2, 0.25) is 0 Å². The maximum atomic E-state index is 14.2. The molecule has 5 heteroatoms. The second-order valence-electron chi connectivity index (χ2n) is 4.32. The van der Waals surface area contributed by atoms with Gasteiger partial charge in [-0.05, 0) is 42.4 Å². The number of hydrogen-bond donors (Lipinski definition) is 1. The summed E-state index contributed by atoms with van der Waals surface area (Å²) in [6.45, 7) is 2.64. The van der Waals surface area contributed by atoms with E-state index in [0.717, 1.165) is 5.56 Å². The standard InChI is InChI=1S/C15H13BrCl2FN/c1-2-20-15(11-5-3-9(16)7-14(11)19)12-8-10(17)4-6-13(12)18/h3-8,15,20H,2H2,1H3. The topological polar surface area (TPSA) is 12.0 Å². The molecule has 1 atom stereocenters. The van der Waals surface area contributed by atoms with Crippen LogP contribution in [0.2, 0.25) is 10.0 Å². The molecule has 1 N–H and O–H groups in total. The monoisotopic (exact) mass is 375 g/mol. The van der Waals surface area contributed by atoms with Gasteiger partial charge in [0.25, 0.3) is 0 Å². The van der Waals surface area contributed by atoms with Crippen molar-refractivity contribution in [2.24, 2.45) is 0 Å². The predicted octanol–water partition coefficient (Wildman–Crippen LogP) is 5.59. The van der Waals surface area contributed by atoms with Crippen molar-refractivity contribution in [3.63, 3.8) is 0 Å². The molecular formula is C15H13BrCl2FN. The Kier molecular flexibility index (Phi) is 5.44. The Bertz CT molecular complexity index is 619. The van der Waals surface area contributed by atoms with Gasteiger partial charge in [-0.2, -0.15) is 0 Å². The first-order valence-electron chi connectivity index (χ1n) is 6.16. The summed E-state index contributed by atoms with van der Waals surface area (Å²) in [4.78, 5) is 0. The minimum absolute atomic E-state index is 0.290. The van der Waals surface area contributed by atoms with E-state index < -0.39 is 0 Å². The average Bonchev–Trinajstić information content (AvgIpc) is 2.40. The lowest BCUT2D eigenvalue weighted by atomic mass is 9.98. The van der Waals surface area contributed by atoms with Crippen LogP contribution < -0.4 is 5.32 Å². The Morgan fingerprint density at radius 2 is 1.90 bits per heavy atom. The lowest BCUT2D eigenvalue weighted by molar-refractivity contribution is 0.558. The van der Waals surface area contributed by atoms with Crippen LogP contribution in [0, 0.1) is 5.82 Å². The number of nitrogens with one attached hydrogen (secondary N) is 1. The molecule has 0 aliphatic heterocycles. The summed E-state index contributed by atoms with van der Waals surface area (Å²) in [5.74, 6) is -0.290. The van der Waals surface area contributed by atoms with Crippen molar-refractivity contribution < 1.29 is 4.39 Å². The molecular weight excluding hydrogens is 364 g/mol. The third kappa shape index (κ3) is 3.53. The summed E-state index contributed by atoms with van der Waals surface area (Å²) in [5.41, 5.74) is 1.31. The summed E-state index contributed by atoms with van der Waals surface area (Å²) in [7, 11) is 0. The van der Waals surface area contributed by atoms with Crippen molar-refractivity contribution in [1.82, 2.24) is 5.32 Å². The highest BCUT2D eigenvalue weighted by atomic mass is 79.9. The van der Waals surface area contributed by atoms with Crippen molar-refractivity contribution in [3.05, 3.63) is 67.9 Å². The van der Waals surface area contributed by atoms with Crippen LogP contribution in [0.15, 0.2) is 40.9 Å². The number of rotatable bonds is 4. The molecule has 0 heterocycles. The third-order valence-electron chi connectivity index (χ3n) is 2.95. The number of benzene rings is 2. The molecule has 0 aliphatic carbocycles. The van der Waals surface area contributed by atoms with E-state index in [1.807, 2.05) is 6.92 Å². The summed E-state index contributed by atoms with van der Waals surface area (Å²) in [5, 5.41) is 4.38. The van der Waals surface area contributed by atoms with Gasteiger partial charge >= 0.3 is 0 Å². The summed E-state index contributed by atoms with van der Waals surface area (Å²) in [6.07, 6.45) is 0. The molecule has 0 amide bonds. The van der Waals surface area contributed by atoms with Gasteiger partial charge in [-0.3, -0.25) is 0 Å². The molecule has 106 valence electrons. The zero-order chi connectivity index (χ0) is 14.7. The second-order valence-corrected chi connectivity index (χ2v) is 6.08. The second kappa shape index (κ2) is 6.90. The Balaban J connectivity index is 2.53. The minimum atomic E-state index is -0.334. The Morgan fingerprint density at radius 1 is 1.15 bits per heavy atom. The Morgan fingerprint density at radius 3 is 2.55 bits per heavy atom. The quantitative estimate of drug-likeness (QED) is 0.732. The predicted molar refractivity (Wildman–Crippen MR) is 86.1 cm³/mol. The lowest BCUT2D eigenvalue weighted by Gasteiger charge is -2.21. The molecule has 0 saturated heterocycles. The molecule has 20 heavy (non-hydrogen) atoms. The summed E-state index contributed by atoms with van der Waals surface area (Å²) >= 11 is 15.5. The van der Waals surface area contributed by atoms with Crippen LogP contribution in [0.1, 0.15) is 24.1 Å². The largest absolute Gasteiger partial charge is 0.306 e. The van der Waals surface area contributed by atoms with E-state index in [2.05, 4.69) is 21.2 Å². The molecule has 2 aromatic rings. The van der Waals surface area contributed by atoms with Crippen LogP contribution in [0.5, 0.6) is 0 Å². The van der Waals surface area contributed by atoms with E-state index in [1.54, 1.807) is 30.3 Å². The van der Waals surface area contributed by atoms with Crippen molar-refractivity contribution in [2.75, 3.05) is 6.54 Å². The zero-order valence-corrected chi connectivity index (χ0v) is 13.9. The zero-order valence-electron chi connectivity index (χ0n) is 10.8. The average molecular weight is 377 g/mol. The number of halogens is 4.